The smallest absolute Gasteiger partial charge is 0.335 e. The van der Waals surface area contributed by atoms with E-state index in [1.807, 2.05) is 48.5 Å². The van der Waals surface area contributed by atoms with Crippen molar-refractivity contribution in [2.24, 2.45) is 0 Å². The second kappa shape index (κ2) is 14.2. The number of ether oxygens (including phenoxy) is 1. The van der Waals surface area contributed by atoms with Crippen molar-refractivity contribution in [3.8, 4) is 5.75 Å². The topological polar surface area (TPSA) is 79.0 Å². The van der Waals surface area contributed by atoms with Gasteiger partial charge in [0.25, 0.3) is 11.8 Å². The summed E-state index contributed by atoms with van der Waals surface area (Å²) in [5.74, 6) is -0.950. The van der Waals surface area contributed by atoms with Gasteiger partial charge < -0.3 is 9.64 Å². The van der Waals surface area contributed by atoms with Crippen LogP contribution in [0, 0.1) is 0 Å². The number of carbonyl (C=O) groups excluding carboxylic acids is 3. The van der Waals surface area contributed by atoms with Crippen LogP contribution in [0.2, 0.25) is 15.1 Å². The molecule has 0 saturated carbocycles. The molecule has 3 aliphatic heterocycles. The molecule has 1 saturated heterocycles. The van der Waals surface area contributed by atoms with E-state index in [0.717, 1.165) is 53.2 Å². The van der Waals surface area contributed by atoms with E-state index in [9.17, 15) is 14.4 Å². The van der Waals surface area contributed by atoms with Crippen molar-refractivity contribution in [2.75, 3.05) is 22.9 Å². The first-order valence-electron chi connectivity index (χ1n) is 17.1. The maximum absolute atomic E-state index is 14.3. The Bertz CT molecular complexity index is 2190. The zero-order chi connectivity index (χ0) is 35.9. The minimum Gasteiger partial charge on any atom is -0.487 e. The Morgan fingerprint density at radius 1 is 0.712 bits per heavy atom. The fraction of sp³-hybridized carbons (Fsp3) is 0.167. The lowest BCUT2D eigenvalue weighted by Crippen LogP contribution is -2.54. The van der Waals surface area contributed by atoms with E-state index in [-0.39, 0.29) is 29.0 Å². The van der Waals surface area contributed by atoms with Crippen molar-refractivity contribution in [1.29, 1.82) is 0 Å². The number of carbonyl (C=O) groups is 3. The first kappa shape index (κ1) is 34.0. The molecule has 1 N–H and O–H groups in total. The highest BCUT2D eigenvalue weighted by atomic mass is 35.5. The average Bonchev–Trinajstić information content (AvgIpc) is 3.15. The summed E-state index contributed by atoms with van der Waals surface area (Å²) in [5.41, 5.74) is 7.18. The van der Waals surface area contributed by atoms with Gasteiger partial charge in [0.15, 0.2) is 0 Å². The molecular formula is C42H32Cl3N3O4. The normalized spacial score (nSPS) is 19.1. The minimum atomic E-state index is -0.792. The predicted molar refractivity (Wildman–Crippen MR) is 206 cm³/mol. The number of barbiturate groups is 1. The SMILES string of the molecule is O=C1NC(=O)N(c2cc3c4c(c2)[C@@H](c2ccccc2)CCN4CC[C@@H]3c2ccccc2)C(=O)/C1=C/c1ccc(OCc2ccc(Cl)c(Cl)c2)c(Cl)c1. The molecule has 2 atom stereocenters. The lowest BCUT2D eigenvalue weighted by Gasteiger charge is -2.44. The fourth-order valence-electron chi connectivity index (χ4n) is 7.54. The van der Waals surface area contributed by atoms with Crippen molar-refractivity contribution in [2.45, 2.75) is 31.3 Å². The number of anilines is 2. The molecule has 5 aromatic carbocycles. The lowest BCUT2D eigenvalue weighted by atomic mass is 9.76. The van der Waals surface area contributed by atoms with Gasteiger partial charge in [0.05, 0.1) is 20.8 Å². The van der Waals surface area contributed by atoms with Crippen LogP contribution >= 0.6 is 34.8 Å². The molecule has 52 heavy (non-hydrogen) atoms. The van der Waals surface area contributed by atoms with Crippen LogP contribution in [-0.2, 0) is 16.2 Å². The van der Waals surface area contributed by atoms with E-state index in [2.05, 4.69) is 34.5 Å². The molecule has 10 heteroatoms. The molecule has 5 aromatic rings. The Hall–Kier alpha value is -5.08. The Morgan fingerprint density at radius 3 is 1.94 bits per heavy atom. The number of amides is 4. The summed E-state index contributed by atoms with van der Waals surface area (Å²) >= 11 is 18.7. The summed E-state index contributed by atoms with van der Waals surface area (Å²) in [6, 6.07) is 34.0. The van der Waals surface area contributed by atoms with Crippen LogP contribution < -0.4 is 19.9 Å². The molecule has 1 fully saturated rings. The van der Waals surface area contributed by atoms with Gasteiger partial charge in [0.2, 0.25) is 0 Å². The summed E-state index contributed by atoms with van der Waals surface area (Å²) in [4.78, 5) is 44.5. The highest BCUT2D eigenvalue weighted by Gasteiger charge is 2.40. The maximum atomic E-state index is 14.3. The van der Waals surface area contributed by atoms with E-state index in [0.29, 0.717) is 27.0 Å². The number of nitrogens with zero attached hydrogens (tertiary/aromatic N) is 2. The van der Waals surface area contributed by atoms with Gasteiger partial charge in [-0.3, -0.25) is 14.9 Å². The first-order valence-corrected chi connectivity index (χ1v) is 18.2. The van der Waals surface area contributed by atoms with Crippen LogP contribution in [0.15, 0.2) is 115 Å². The van der Waals surface area contributed by atoms with Crippen LogP contribution in [0.1, 0.15) is 58.1 Å². The van der Waals surface area contributed by atoms with E-state index in [4.69, 9.17) is 39.5 Å². The van der Waals surface area contributed by atoms with Crippen LogP contribution in [0.3, 0.4) is 0 Å². The standard InChI is InChI=1S/C42H32Cl3N3O4/c43-35-13-11-26(21-36(35)44)24-52-38-14-12-25(20-37(38)45)19-34-40(49)46-42(51)48(41(34)50)29-22-32-30(27-7-3-1-4-8-27)15-17-47-18-16-31(33(23-29)39(32)47)28-9-5-2-6-10-28/h1-14,19-23,30-31H,15-18,24H2,(H,46,49,51)/b34-19+/t30-,31-/m1/s1. The molecule has 3 heterocycles. The number of hydrogen-bond acceptors (Lipinski definition) is 5. The maximum Gasteiger partial charge on any atom is 0.335 e. The third kappa shape index (κ3) is 6.45. The van der Waals surface area contributed by atoms with Crippen molar-refractivity contribution in [3.05, 3.63) is 163 Å². The summed E-state index contributed by atoms with van der Waals surface area (Å²) in [6.45, 7) is 2.02. The summed E-state index contributed by atoms with van der Waals surface area (Å²) in [6.07, 6.45) is 3.23. The van der Waals surface area contributed by atoms with Crippen molar-refractivity contribution < 1.29 is 19.1 Å². The van der Waals surface area contributed by atoms with Crippen molar-refractivity contribution in [1.82, 2.24) is 5.32 Å². The zero-order valence-corrected chi connectivity index (χ0v) is 30.1. The Kier molecular flexibility index (Phi) is 9.26. The van der Waals surface area contributed by atoms with Gasteiger partial charge in [-0.15, -0.1) is 0 Å². The molecule has 0 spiro atoms. The molecule has 0 unspecified atom stereocenters. The summed E-state index contributed by atoms with van der Waals surface area (Å²) in [7, 11) is 0. The highest BCUT2D eigenvalue weighted by Crippen LogP contribution is 2.50. The largest absolute Gasteiger partial charge is 0.487 e. The fourth-order valence-corrected chi connectivity index (χ4v) is 8.11. The Balaban J connectivity index is 1.15. The van der Waals surface area contributed by atoms with Gasteiger partial charge in [-0.2, -0.15) is 0 Å². The molecule has 0 aliphatic carbocycles. The number of nitrogens with one attached hydrogen (secondary N) is 1. The number of benzene rings is 5. The van der Waals surface area contributed by atoms with E-state index in [1.54, 1.807) is 36.4 Å². The van der Waals surface area contributed by atoms with Crippen LogP contribution in [0.5, 0.6) is 5.75 Å². The number of urea groups is 1. The summed E-state index contributed by atoms with van der Waals surface area (Å²) in [5, 5.41) is 3.55. The van der Waals surface area contributed by atoms with Crippen molar-refractivity contribution >= 4 is 70.1 Å². The molecule has 0 bridgehead atoms. The molecular weight excluding hydrogens is 717 g/mol. The zero-order valence-electron chi connectivity index (χ0n) is 27.8. The van der Waals surface area contributed by atoms with Crippen LogP contribution in [-0.4, -0.2) is 30.9 Å². The Morgan fingerprint density at radius 2 is 1.35 bits per heavy atom. The molecule has 260 valence electrons. The molecule has 4 amide bonds. The lowest BCUT2D eigenvalue weighted by molar-refractivity contribution is -0.122. The Labute approximate surface area is 316 Å². The third-order valence-corrected chi connectivity index (χ3v) is 11.0. The van der Waals surface area contributed by atoms with E-state index >= 15 is 0 Å². The molecule has 0 aromatic heterocycles. The molecule has 8 rings (SSSR count). The second-order valence-electron chi connectivity index (χ2n) is 13.1. The monoisotopic (exact) mass is 747 g/mol. The van der Waals surface area contributed by atoms with Gasteiger partial charge in [-0.05, 0) is 88.7 Å². The minimum absolute atomic E-state index is 0.0693. The molecule has 0 radical (unpaired) electrons. The first-order chi connectivity index (χ1) is 25.2. The highest BCUT2D eigenvalue weighted by molar-refractivity contribution is 6.42. The number of halogens is 3. The third-order valence-electron chi connectivity index (χ3n) is 10.0. The van der Waals surface area contributed by atoms with Crippen LogP contribution in [0.25, 0.3) is 6.08 Å². The second-order valence-corrected chi connectivity index (χ2v) is 14.4. The van der Waals surface area contributed by atoms with Gasteiger partial charge in [-0.25, -0.2) is 9.69 Å². The quantitative estimate of drug-likeness (QED) is 0.133. The van der Waals surface area contributed by atoms with Crippen molar-refractivity contribution in [3.63, 3.8) is 0 Å². The number of imide groups is 2. The van der Waals surface area contributed by atoms with Gasteiger partial charge in [0, 0.05) is 30.6 Å². The van der Waals surface area contributed by atoms with E-state index in [1.165, 1.54) is 17.2 Å². The average molecular weight is 749 g/mol. The predicted octanol–water partition coefficient (Wildman–Crippen LogP) is 9.77. The summed E-state index contributed by atoms with van der Waals surface area (Å²) < 4.78 is 5.90. The molecule has 3 aliphatic rings. The number of rotatable bonds is 7. The molecule has 7 nitrogen and oxygen atoms in total. The van der Waals surface area contributed by atoms with Gasteiger partial charge in [0.1, 0.15) is 17.9 Å². The number of hydrogen-bond donors (Lipinski definition) is 1. The van der Waals surface area contributed by atoms with Gasteiger partial charge in [-0.1, -0.05) is 108 Å². The van der Waals surface area contributed by atoms with Gasteiger partial charge >= 0.3 is 6.03 Å². The van der Waals surface area contributed by atoms with Crippen LogP contribution in [0.4, 0.5) is 16.2 Å². The van der Waals surface area contributed by atoms with E-state index < -0.39 is 17.8 Å².